The molecular weight excluding hydrogens is 399 g/mol. The molecule has 5 rings (SSSR count). The highest BCUT2D eigenvalue weighted by atomic mass is 32.2. The van der Waals surface area contributed by atoms with E-state index in [-0.39, 0.29) is 5.91 Å². The van der Waals surface area contributed by atoms with Crippen LogP contribution >= 0.6 is 24.0 Å². The van der Waals surface area contributed by atoms with Crippen LogP contribution in [-0.4, -0.2) is 35.9 Å². The van der Waals surface area contributed by atoms with Gasteiger partial charge in [0.1, 0.15) is 10.1 Å². The van der Waals surface area contributed by atoms with Crippen molar-refractivity contribution in [3.63, 3.8) is 0 Å². The Labute approximate surface area is 168 Å². The van der Waals surface area contributed by atoms with Gasteiger partial charge in [-0.05, 0) is 25.0 Å². The number of aromatic nitrogens is 4. The molecule has 7 nitrogen and oxygen atoms in total. The van der Waals surface area contributed by atoms with Crippen LogP contribution in [0, 0.1) is 5.95 Å². The highest BCUT2D eigenvalue weighted by molar-refractivity contribution is 8.26. The quantitative estimate of drug-likeness (QED) is 0.387. The molecule has 140 valence electrons. The Morgan fingerprint density at radius 2 is 2.25 bits per heavy atom. The first-order valence-corrected chi connectivity index (χ1v) is 9.81. The van der Waals surface area contributed by atoms with E-state index in [9.17, 15) is 9.18 Å². The van der Waals surface area contributed by atoms with Gasteiger partial charge in [0.05, 0.1) is 16.8 Å². The SMILES string of the molecule is O=C1NC(=S)S/C1=C\c1cnn2c(NC3CC3)cc(-c3ccnc(F)c3)nc12. The van der Waals surface area contributed by atoms with Gasteiger partial charge in [-0.3, -0.25) is 4.79 Å². The number of rotatable bonds is 4. The Hall–Kier alpha value is -2.85. The third-order valence-electron chi connectivity index (χ3n) is 4.38. The standard InChI is InChI=1S/C18H13FN6OS2/c19-14-6-9(3-4-20-14)12-7-15(22-11-1-2-11)25-16(23-12)10(8-21-25)5-13-17(26)24-18(27)28-13/h3-8,11,22H,1-2H2,(H,24,26,27)/b13-5-. The summed E-state index contributed by atoms with van der Waals surface area (Å²) >= 11 is 6.24. The van der Waals surface area contributed by atoms with Crippen LogP contribution in [0.4, 0.5) is 10.2 Å². The van der Waals surface area contributed by atoms with Gasteiger partial charge >= 0.3 is 0 Å². The minimum absolute atomic E-state index is 0.238. The Morgan fingerprint density at radius 1 is 1.39 bits per heavy atom. The molecule has 3 aromatic rings. The number of halogens is 1. The summed E-state index contributed by atoms with van der Waals surface area (Å²) in [5.74, 6) is -0.0410. The largest absolute Gasteiger partial charge is 0.367 e. The number of nitrogens with zero attached hydrogens (tertiary/aromatic N) is 4. The lowest BCUT2D eigenvalue weighted by molar-refractivity contribution is -0.115. The number of carbonyl (C=O) groups excluding carboxylic acids is 1. The van der Waals surface area contributed by atoms with Crippen molar-refractivity contribution in [2.45, 2.75) is 18.9 Å². The summed E-state index contributed by atoms with van der Waals surface area (Å²) in [6.07, 6.45) is 6.96. The summed E-state index contributed by atoms with van der Waals surface area (Å²) in [5, 5.41) is 10.5. The first kappa shape index (κ1) is 17.3. The molecule has 0 aromatic carbocycles. The van der Waals surface area contributed by atoms with E-state index < -0.39 is 5.95 Å². The Kier molecular flexibility index (Phi) is 4.09. The third-order valence-corrected chi connectivity index (χ3v) is 5.54. The van der Waals surface area contributed by atoms with Crippen LogP contribution in [0.25, 0.3) is 23.0 Å². The highest BCUT2D eigenvalue weighted by Crippen LogP contribution is 2.31. The molecule has 0 spiro atoms. The minimum atomic E-state index is -0.570. The zero-order valence-electron chi connectivity index (χ0n) is 14.3. The number of thioether (sulfide) groups is 1. The number of thiocarbonyl (C=S) groups is 1. The van der Waals surface area contributed by atoms with Gasteiger partial charge in [-0.2, -0.15) is 14.0 Å². The van der Waals surface area contributed by atoms with Crippen LogP contribution in [0.1, 0.15) is 18.4 Å². The second kappa shape index (κ2) is 6.64. The molecule has 2 N–H and O–H groups in total. The summed E-state index contributed by atoms with van der Waals surface area (Å²) in [4.78, 5) is 20.8. The number of fused-ring (bicyclic) bond motifs is 1. The lowest BCUT2D eigenvalue weighted by atomic mass is 10.2. The van der Waals surface area contributed by atoms with Crippen LogP contribution in [0.3, 0.4) is 0 Å². The average molecular weight is 412 g/mol. The number of amides is 1. The van der Waals surface area contributed by atoms with E-state index in [0.717, 1.165) is 18.7 Å². The highest BCUT2D eigenvalue weighted by Gasteiger charge is 2.25. The van der Waals surface area contributed by atoms with Crippen molar-refractivity contribution in [2.75, 3.05) is 5.32 Å². The molecule has 3 aromatic heterocycles. The van der Waals surface area contributed by atoms with E-state index in [1.54, 1.807) is 22.9 Å². The number of pyridine rings is 1. The van der Waals surface area contributed by atoms with Crippen molar-refractivity contribution in [1.29, 1.82) is 0 Å². The normalized spacial score (nSPS) is 18.1. The lowest BCUT2D eigenvalue weighted by Gasteiger charge is -2.10. The van der Waals surface area contributed by atoms with Crippen LogP contribution < -0.4 is 10.6 Å². The predicted molar refractivity (Wildman–Crippen MR) is 109 cm³/mol. The van der Waals surface area contributed by atoms with Gasteiger partial charge in [-0.15, -0.1) is 0 Å². The Bertz CT molecular complexity index is 1170. The zero-order chi connectivity index (χ0) is 19.3. The first-order valence-electron chi connectivity index (χ1n) is 8.59. The summed E-state index contributed by atoms with van der Waals surface area (Å²) in [5.41, 5.74) is 2.45. The number of anilines is 1. The number of nitrogens with one attached hydrogen (secondary N) is 2. The minimum Gasteiger partial charge on any atom is -0.367 e. The molecule has 1 aliphatic carbocycles. The van der Waals surface area contributed by atoms with Crippen molar-refractivity contribution in [3.8, 4) is 11.3 Å². The molecule has 0 atom stereocenters. The number of carbonyl (C=O) groups is 1. The monoisotopic (exact) mass is 412 g/mol. The molecule has 1 aliphatic heterocycles. The Balaban J connectivity index is 1.66. The van der Waals surface area contributed by atoms with Gasteiger partial charge in [-0.1, -0.05) is 24.0 Å². The van der Waals surface area contributed by atoms with Crippen molar-refractivity contribution in [3.05, 3.63) is 47.0 Å². The van der Waals surface area contributed by atoms with Crippen LogP contribution in [0.5, 0.6) is 0 Å². The predicted octanol–water partition coefficient (Wildman–Crippen LogP) is 2.99. The molecule has 1 amide bonds. The van der Waals surface area contributed by atoms with Crippen molar-refractivity contribution in [2.24, 2.45) is 0 Å². The molecule has 28 heavy (non-hydrogen) atoms. The Morgan fingerprint density at radius 3 is 2.96 bits per heavy atom. The first-order chi connectivity index (χ1) is 13.6. The molecule has 4 heterocycles. The molecule has 2 aliphatic rings. The van der Waals surface area contributed by atoms with Gasteiger partial charge in [0.2, 0.25) is 5.95 Å². The zero-order valence-corrected chi connectivity index (χ0v) is 16.0. The fourth-order valence-electron chi connectivity index (χ4n) is 2.89. The van der Waals surface area contributed by atoms with Crippen LogP contribution in [0.2, 0.25) is 0 Å². The van der Waals surface area contributed by atoms with Crippen LogP contribution in [0.15, 0.2) is 35.5 Å². The second-order valence-corrected chi connectivity index (χ2v) is 8.22. The third kappa shape index (κ3) is 3.25. The summed E-state index contributed by atoms with van der Waals surface area (Å²) in [6, 6.07) is 5.28. The van der Waals surface area contributed by atoms with Gasteiger partial charge < -0.3 is 10.6 Å². The topological polar surface area (TPSA) is 84.2 Å². The lowest BCUT2D eigenvalue weighted by Crippen LogP contribution is -2.17. The second-order valence-electron chi connectivity index (χ2n) is 6.50. The molecule has 10 heteroatoms. The molecule has 1 saturated carbocycles. The van der Waals surface area contributed by atoms with Crippen molar-refractivity contribution < 1.29 is 9.18 Å². The molecule has 0 unspecified atom stereocenters. The fourth-order valence-corrected chi connectivity index (χ4v) is 3.93. The average Bonchev–Trinajstić information content (AvgIpc) is 3.30. The van der Waals surface area contributed by atoms with Gasteiger partial charge in [-0.25, -0.2) is 9.97 Å². The maximum atomic E-state index is 13.6. The summed E-state index contributed by atoms with van der Waals surface area (Å²) < 4.78 is 15.7. The number of hydrogen-bond donors (Lipinski definition) is 2. The molecule has 1 saturated heterocycles. The maximum absolute atomic E-state index is 13.6. The summed E-state index contributed by atoms with van der Waals surface area (Å²) in [6.45, 7) is 0. The van der Waals surface area contributed by atoms with E-state index in [1.165, 1.54) is 24.0 Å². The maximum Gasteiger partial charge on any atom is 0.263 e. The van der Waals surface area contributed by atoms with Crippen molar-refractivity contribution >= 4 is 51.7 Å². The van der Waals surface area contributed by atoms with E-state index in [0.29, 0.717) is 37.7 Å². The van der Waals surface area contributed by atoms with Gasteiger partial charge in [0, 0.05) is 35.5 Å². The fraction of sp³-hybridized carbons (Fsp3) is 0.167. The van der Waals surface area contributed by atoms with Gasteiger partial charge in [0.25, 0.3) is 5.91 Å². The van der Waals surface area contributed by atoms with Crippen LogP contribution in [-0.2, 0) is 4.79 Å². The number of hydrogen-bond acceptors (Lipinski definition) is 7. The van der Waals surface area contributed by atoms with Crippen molar-refractivity contribution in [1.82, 2.24) is 24.9 Å². The smallest absolute Gasteiger partial charge is 0.263 e. The molecular formula is C18H13FN6OS2. The van der Waals surface area contributed by atoms with Gasteiger partial charge in [0.15, 0.2) is 5.65 Å². The van der Waals surface area contributed by atoms with E-state index in [2.05, 4.69) is 25.7 Å². The molecule has 0 bridgehead atoms. The molecule has 2 fully saturated rings. The van der Waals surface area contributed by atoms with E-state index in [1.807, 2.05) is 6.07 Å². The van der Waals surface area contributed by atoms with E-state index in [4.69, 9.17) is 12.2 Å². The van der Waals surface area contributed by atoms with E-state index >= 15 is 0 Å². The molecule has 0 radical (unpaired) electrons. The summed E-state index contributed by atoms with van der Waals surface area (Å²) in [7, 11) is 0.